The van der Waals surface area contributed by atoms with E-state index in [1.54, 1.807) is 12.1 Å². The van der Waals surface area contributed by atoms with Gasteiger partial charge in [0.05, 0.1) is 16.7 Å². The number of nitrogens with two attached hydrogens (primary N) is 1. The molecule has 3 aromatic rings. The Morgan fingerprint density at radius 3 is 2.37 bits per heavy atom. The maximum atomic E-state index is 12.5. The number of rotatable bonds is 11. The molecule has 3 rings (SSSR count). The first-order valence-electron chi connectivity index (χ1n) is 10.8. The summed E-state index contributed by atoms with van der Waals surface area (Å²) in [6, 6.07) is 10.9. The van der Waals surface area contributed by atoms with Crippen molar-refractivity contribution in [2.75, 3.05) is 24.5 Å². The normalized spacial score (nSPS) is 10.5. The molecule has 1 aromatic carbocycles. The predicted molar refractivity (Wildman–Crippen MR) is 133 cm³/mol. The van der Waals surface area contributed by atoms with E-state index < -0.39 is 30.6 Å². The molecule has 0 aliphatic heterocycles. The first-order chi connectivity index (χ1) is 17.0. The minimum absolute atomic E-state index is 0. The summed E-state index contributed by atoms with van der Waals surface area (Å²) in [4.78, 5) is 26.2. The zero-order valence-electron chi connectivity index (χ0n) is 21.3. The molecule has 0 saturated heterocycles. The van der Waals surface area contributed by atoms with Gasteiger partial charge in [0.25, 0.3) is 5.63 Å². The molecule has 0 aliphatic rings. The minimum Gasteiger partial charge on any atom is -0.753 e. The molecule has 0 radical (unpaired) electrons. The van der Waals surface area contributed by atoms with Crippen LogP contribution in [0, 0.1) is 6.07 Å². The van der Waals surface area contributed by atoms with Crippen LogP contribution in [0.15, 0.2) is 43.8 Å². The number of carbonyl (C=O) groups excluding carboxylic acids is 1. The van der Waals surface area contributed by atoms with E-state index in [1.807, 2.05) is 19.1 Å². The van der Waals surface area contributed by atoms with Gasteiger partial charge in [-0.1, -0.05) is 23.4 Å². The van der Waals surface area contributed by atoms with Crippen LogP contribution in [0.1, 0.15) is 32.6 Å². The largest absolute Gasteiger partial charge is 1.00 e. The SMILES string of the molecule is CCN(CCCCCC(=O)CN)c1ccc2cc(-c3[c-]cc(S(=O)(=O)[O-])s3)c(=O)oc2c1.O=S(=O)=O.[Na+].[Na+]. The minimum atomic E-state index is -4.60. The summed E-state index contributed by atoms with van der Waals surface area (Å²) in [5.74, 6) is 0.0762. The van der Waals surface area contributed by atoms with E-state index in [9.17, 15) is 22.6 Å². The average molecular weight is 603 g/mol. The molecule has 0 amide bonds. The number of carbonyl (C=O) groups is 1. The fraction of sp³-hybridized carbons (Fsp3) is 0.364. The summed E-state index contributed by atoms with van der Waals surface area (Å²) in [5.41, 5.74) is 6.18. The molecule has 0 unspecified atom stereocenters. The van der Waals surface area contributed by atoms with Crippen molar-refractivity contribution in [1.29, 1.82) is 0 Å². The molecular weight excluding hydrogens is 578 g/mol. The van der Waals surface area contributed by atoms with Gasteiger partial charge in [0, 0.05) is 40.9 Å². The van der Waals surface area contributed by atoms with E-state index in [-0.39, 0.29) is 81.9 Å². The molecule has 196 valence electrons. The predicted octanol–water partition coefficient (Wildman–Crippen LogP) is -3.86. The quantitative estimate of drug-likeness (QED) is 0.0745. The molecule has 0 spiro atoms. The molecule has 38 heavy (non-hydrogen) atoms. The van der Waals surface area contributed by atoms with Crippen LogP contribution in [0.5, 0.6) is 0 Å². The molecule has 2 N–H and O–H groups in total. The number of thiophene rings is 1. The molecule has 0 aliphatic carbocycles. The van der Waals surface area contributed by atoms with Crippen molar-refractivity contribution in [3.8, 4) is 10.4 Å². The summed E-state index contributed by atoms with van der Waals surface area (Å²) in [7, 11) is -7.71. The molecule has 0 saturated carbocycles. The van der Waals surface area contributed by atoms with E-state index in [1.165, 1.54) is 0 Å². The Hall–Kier alpha value is -0.910. The Morgan fingerprint density at radius 2 is 1.82 bits per heavy atom. The van der Waals surface area contributed by atoms with Crippen molar-refractivity contribution >= 4 is 54.5 Å². The molecule has 16 heteroatoms. The monoisotopic (exact) mass is 602 g/mol. The number of anilines is 1. The summed E-state index contributed by atoms with van der Waals surface area (Å²) < 4.78 is 63.9. The zero-order chi connectivity index (χ0) is 26.9. The van der Waals surface area contributed by atoms with Crippen molar-refractivity contribution in [3.05, 3.63) is 46.8 Å². The van der Waals surface area contributed by atoms with Crippen LogP contribution in [0.25, 0.3) is 21.4 Å². The number of ketones is 1. The van der Waals surface area contributed by atoms with E-state index >= 15 is 0 Å². The summed E-state index contributed by atoms with van der Waals surface area (Å²) in [5, 5.41) is 0.674. The third-order valence-corrected chi connectivity index (χ3v) is 7.43. The third kappa shape index (κ3) is 11.7. The molecule has 0 atom stereocenters. The van der Waals surface area contributed by atoms with Gasteiger partial charge in [0.15, 0.2) is 0 Å². The molecule has 11 nitrogen and oxygen atoms in total. The van der Waals surface area contributed by atoms with Crippen molar-refractivity contribution < 1.29 is 93.9 Å². The number of fused-ring (bicyclic) bond motifs is 1. The second-order valence-corrected chi connectivity index (χ2v) is 10.6. The Morgan fingerprint density at radius 1 is 1.16 bits per heavy atom. The zero-order valence-corrected chi connectivity index (χ0v) is 27.7. The Balaban J connectivity index is 0.00000213. The second kappa shape index (κ2) is 17.7. The van der Waals surface area contributed by atoms with Crippen molar-refractivity contribution in [3.63, 3.8) is 0 Å². The summed E-state index contributed by atoms with van der Waals surface area (Å²) in [6.07, 6.45) is 3.17. The van der Waals surface area contributed by atoms with Gasteiger partial charge in [-0.15, -0.1) is 18.7 Å². The van der Waals surface area contributed by atoms with Crippen LogP contribution < -0.4 is 75.4 Å². The Labute approximate surface area is 270 Å². The topological polar surface area (TPSA) is 185 Å². The van der Waals surface area contributed by atoms with Crippen molar-refractivity contribution in [2.45, 2.75) is 36.8 Å². The summed E-state index contributed by atoms with van der Waals surface area (Å²) in [6.45, 7) is 3.70. The number of hydrogen-bond donors (Lipinski definition) is 1. The fourth-order valence-corrected chi connectivity index (χ4v) is 4.92. The summed E-state index contributed by atoms with van der Waals surface area (Å²) >= 11 is 0.691. The first-order valence-corrected chi connectivity index (χ1v) is 14.0. The Bertz CT molecular complexity index is 1480. The smallest absolute Gasteiger partial charge is 0.753 e. The van der Waals surface area contributed by atoms with Crippen LogP contribution in [0.3, 0.4) is 0 Å². The van der Waals surface area contributed by atoms with Gasteiger partial charge in [-0.25, -0.2) is 19.8 Å². The molecule has 2 heterocycles. The van der Waals surface area contributed by atoms with Crippen LogP contribution in [0.2, 0.25) is 0 Å². The number of Topliss-reactive ketones (excluding diaryl/α,β-unsaturated/α-hetero) is 1. The van der Waals surface area contributed by atoms with Gasteiger partial charge in [-0.2, -0.15) is 6.07 Å². The number of hydrogen-bond acceptors (Lipinski definition) is 12. The van der Waals surface area contributed by atoms with E-state index in [0.717, 1.165) is 44.1 Å². The number of nitrogens with zero attached hydrogens (tertiary/aromatic N) is 1. The van der Waals surface area contributed by atoms with Gasteiger partial charge in [0.1, 0.15) is 11.4 Å². The van der Waals surface area contributed by atoms with Gasteiger partial charge in [-0.3, -0.25) is 9.59 Å². The maximum Gasteiger partial charge on any atom is 1.00 e. The fourth-order valence-electron chi connectivity index (χ4n) is 3.37. The van der Waals surface area contributed by atoms with Crippen molar-refractivity contribution in [1.82, 2.24) is 0 Å². The van der Waals surface area contributed by atoms with E-state index in [4.69, 9.17) is 22.8 Å². The van der Waals surface area contributed by atoms with Gasteiger partial charge in [-0.05, 0) is 31.4 Å². The molecule has 0 fully saturated rings. The van der Waals surface area contributed by atoms with Crippen molar-refractivity contribution in [2.24, 2.45) is 5.73 Å². The van der Waals surface area contributed by atoms with E-state index in [2.05, 4.69) is 11.0 Å². The number of benzene rings is 1. The van der Waals surface area contributed by atoms with Gasteiger partial charge < -0.3 is 19.6 Å². The van der Waals surface area contributed by atoms with Crippen LogP contribution in [-0.2, 0) is 25.5 Å². The van der Waals surface area contributed by atoms with E-state index in [0.29, 0.717) is 28.7 Å². The first kappa shape index (κ1) is 37.1. The number of unbranched alkanes of at least 4 members (excludes halogenated alkanes) is 2. The molecular formula is C22H24N2Na2O9S3. The van der Waals surface area contributed by atoms with Crippen LogP contribution in [0.4, 0.5) is 5.69 Å². The van der Waals surface area contributed by atoms with Crippen LogP contribution in [-0.4, -0.2) is 51.0 Å². The third-order valence-electron chi connectivity index (χ3n) is 5.09. The van der Waals surface area contributed by atoms with Crippen LogP contribution >= 0.6 is 11.3 Å². The van der Waals surface area contributed by atoms with Gasteiger partial charge >= 0.3 is 69.7 Å². The molecule has 2 aromatic heterocycles. The maximum absolute atomic E-state index is 12.5. The average Bonchev–Trinajstić information content (AvgIpc) is 3.31. The standard InChI is InChI=1S/C22H25N2O6S2.2Na.O3S/c1-2-24(11-5-3-4-6-17(25)14-23)16-8-7-15-12-18(22(26)30-19(15)13-16)20-9-10-21(31-20)32(27,28)29;;;1-4(2)3/h7-8,10,12-13H,2-6,11,14,23H2,1H3,(H,27,28,29);;;/q-1;2*+1;/p-1. The second-order valence-electron chi connectivity index (χ2n) is 7.50. The Kier molecular flexibility index (Phi) is 17.3. The molecule has 0 bridgehead atoms. The van der Waals surface area contributed by atoms with Gasteiger partial charge in [0.2, 0.25) is 0 Å².